The number of hydrogen-bond donors (Lipinski definition) is 2. The Balaban J connectivity index is 1.66. The molecule has 1 heterocycles. The second-order valence-electron chi connectivity index (χ2n) is 6.93. The molecule has 0 atom stereocenters. The van der Waals surface area contributed by atoms with Crippen LogP contribution in [0.4, 0.5) is 16.2 Å². The molecule has 2 rings (SSSR count). The van der Waals surface area contributed by atoms with Crippen LogP contribution in [0.1, 0.15) is 40.0 Å². The molecular formula is C21H34N4O3. The Hall–Kier alpha value is -2.28. The molecule has 7 heteroatoms. The van der Waals surface area contributed by atoms with Crippen molar-refractivity contribution in [2.75, 3.05) is 49.5 Å². The molecule has 1 aliphatic heterocycles. The molecule has 1 fully saturated rings. The topological polar surface area (TPSA) is 73.9 Å². The first-order valence-corrected chi connectivity index (χ1v) is 10.4. The zero-order valence-electron chi connectivity index (χ0n) is 17.4. The second-order valence-corrected chi connectivity index (χ2v) is 6.93. The molecule has 1 saturated heterocycles. The number of amides is 2. The molecule has 0 aromatic heterocycles. The average molecular weight is 391 g/mol. The number of carbonyl (C=O) groups is 2. The van der Waals surface area contributed by atoms with Crippen molar-refractivity contribution in [1.29, 1.82) is 0 Å². The quantitative estimate of drug-likeness (QED) is 0.678. The van der Waals surface area contributed by atoms with Gasteiger partial charge in [-0.05, 0) is 57.9 Å². The van der Waals surface area contributed by atoms with Gasteiger partial charge in [-0.25, -0.2) is 4.79 Å². The maximum Gasteiger partial charge on any atom is 0.409 e. The van der Waals surface area contributed by atoms with E-state index in [1.807, 2.05) is 31.2 Å². The number of likely N-dealkylation sites (tertiary alicyclic amines) is 1. The van der Waals surface area contributed by atoms with E-state index in [4.69, 9.17) is 4.74 Å². The SMILES string of the molecule is CCOC(=O)N1CCC(NCCC(=O)Nc2ccc(N(CC)CC)cc2)CC1. The summed E-state index contributed by atoms with van der Waals surface area (Å²) in [6, 6.07) is 8.32. The first kappa shape index (κ1) is 22.0. The highest BCUT2D eigenvalue weighted by Crippen LogP contribution is 2.18. The largest absolute Gasteiger partial charge is 0.450 e. The average Bonchev–Trinajstić information content (AvgIpc) is 2.71. The predicted molar refractivity (Wildman–Crippen MR) is 113 cm³/mol. The van der Waals surface area contributed by atoms with Crippen molar-refractivity contribution in [1.82, 2.24) is 10.2 Å². The number of piperidine rings is 1. The van der Waals surface area contributed by atoms with Gasteiger partial charge in [0.25, 0.3) is 0 Å². The minimum Gasteiger partial charge on any atom is -0.450 e. The van der Waals surface area contributed by atoms with Crippen molar-refractivity contribution in [3.05, 3.63) is 24.3 Å². The number of hydrogen-bond acceptors (Lipinski definition) is 5. The van der Waals surface area contributed by atoms with Crippen LogP contribution in [0.25, 0.3) is 0 Å². The van der Waals surface area contributed by atoms with Crippen molar-refractivity contribution >= 4 is 23.4 Å². The second kappa shape index (κ2) is 11.5. The van der Waals surface area contributed by atoms with Gasteiger partial charge in [-0.3, -0.25) is 4.79 Å². The highest BCUT2D eigenvalue weighted by Gasteiger charge is 2.23. The van der Waals surface area contributed by atoms with Crippen LogP contribution in [0.3, 0.4) is 0 Å². The van der Waals surface area contributed by atoms with Crippen molar-refractivity contribution in [3.8, 4) is 0 Å². The van der Waals surface area contributed by atoms with Crippen molar-refractivity contribution in [3.63, 3.8) is 0 Å². The normalized spacial score (nSPS) is 14.6. The summed E-state index contributed by atoms with van der Waals surface area (Å²) in [6.45, 7) is 10.4. The van der Waals surface area contributed by atoms with E-state index in [2.05, 4.69) is 29.4 Å². The minimum absolute atomic E-state index is 0.00653. The summed E-state index contributed by atoms with van der Waals surface area (Å²) < 4.78 is 5.03. The molecule has 0 bridgehead atoms. The molecule has 0 unspecified atom stereocenters. The highest BCUT2D eigenvalue weighted by atomic mass is 16.6. The summed E-state index contributed by atoms with van der Waals surface area (Å²) in [5.41, 5.74) is 1.99. The Kier molecular flexibility index (Phi) is 9.07. The third-order valence-corrected chi connectivity index (χ3v) is 5.09. The zero-order valence-corrected chi connectivity index (χ0v) is 17.4. The fourth-order valence-electron chi connectivity index (χ4n) is 3.44. The molecule has 2 N–H and O–H groups in total. The van der Waals surface area contributed by atoms with Gasteiger partial charge in [0.2, 0.25) is 5.91 Å². The van der Waals surface area contributed by atoms with E-state index in [-0.39, 0.29) is 12.0 Å². The highest BCUT2D eigenvalue weighted by molar-refractivity contribution is 5.91. The van der Waals surface area contributed by atoms with Crippen LogP contribution in [-0.2, 0) is 9.53 Å². The van der Waals surface area contributed by atoms with E-state index < -0.39 is 0 Å². The van der Waals surface area contributed by atoms with E-state index >= 15 is 0 Å². The molecule has 0 spiro atoms. The van der Waals surface area contributed by atoms with Gasteiger partial charge < -0.3 is 25.2 Å². The van der Waals surface area contributed by atoms with Gasteiger partial charge in [0.05, 0.1) is 6.61 Å². The van der Waals surface area contributed by atoms with Crippen molar-refractivity contribution < 1.29 is 14.3 Å². The Morgan fingerprint density at radius 3 is 2.32 bits per heavy atom. The van der Waals surface area contributed by atoms with E-state index in [9.17, 15) is 9.59 Å². The van der Waals surface area contributed by atoms with E-state index in [1.165, 1.54) is 5.69 Å². The number of anilines is 2. The van der Waals surface area contributed by atoms with Gasteiger partial charge in [0.1, 0.15) is 0 Å². The summed E-state index contributed by atoms with van der Waals surface area (Å²) in [5, 5.41) is 6.37. The molecule has 7 nitrogen and oxygen atoms in total. The van der Waals surface area contributed by atoms with Gasteiger partial charge >= 0.3 is 6.09 Å². The number of ether oxygens (including phenoxy) is 1. The molecule has 1 aromatic carbocycles. The molecular weight excluding hydrogens is 356 g/mol. The lowest BCUT2D eigenvalue weighted by molar-refractivity contribution is -0.116. The lowest BCUT2D eigenvalue weighted by Gasteiger charge is -2.31. The molecule has 2 amide bonds. The van der Waals surface area contributed by atoms with E-state index in [1.54, 1.807) is 4.90 Å². The van der Waals surface area contributed by atoms with Gasteiger partial charge in [0.15, 0.2) is 0 Å². The van der Waals surface area contributed by atoms with Crippen LogP contribution in [0.15, 0.2) is 24.3 Å². The molecule has 28 heavy (non-hydrogen) atoms. The third kappa shape index (κ3) is 6.71. The van der Waals surface area contributed by atoms with Gasteiger partial charge in [-0.1, -0.05) is 0 Å². The molecule has 0 saturated carbocycles. The number of carbonyl (C=O) groups excluding carboxylic acids is 2. The molecule has 1 aromatic rings. The Bertz CT molecular complexity index is 609. The van der Waals surface area contributed by atoms with Gasteiger partial charge in [-0.2, -0.15) is 0 Å². The van der Waals surface area contributed by atoms with E-state index in [0.29, 0.717) is 38.7 Å². The maximum absolute atomic E-state index is 12.2. The fourth-order valence-corrected chi connectivity index (χ4v) is 3.44. The van der Waals surface area contributed by atoms with Crippen LogP contribution >= 0.6 is 0 Å². The maximum atomic E-state index is 12.2. The predicted octanol–water partition coefficient (Wildman–Crippen LogP) is 3.07. The number of nitrogens with one attached hydrogen (secondary N) is 2. The van der Waals surface area contributed by atoms with Crippen LogP contribution in [0.2, 0.25) is 0 Å². The molecule has 0 aliphatic carbocycles. The third-order valence-electron chi connectivity index (χ3n) is 5.09. The zero-order chi connectivity index (χ0) is 20.4. The first-order chi connectivity index (χ1) is 13.6. The van der Waals surface area contributed by atoms with Crippen molar-refractivity contribution in [2.45, 2.75) is 46.1 Å². The summed E-state index contributed by atoms with van der Waals surface area (Å²) in [7, 11) is 0. The fraction of sp³-hybridized carbons (Fsp3) is 0.619. The van der Waals surface area contributed by atoms with Crippen LogP contribution < -0.4 is 15.5 Å². The molecule has 156 valence electrons. The summed E-state index contributed by atoms with van der Waals surface area (Å²) >= 11 is 0. The minimum atomic E-state index is -0.229. The van der Waals surface area contributed by atoms with Gasteiger partial charge in [0, 0.05) is 56.6 Å². The summed E-state index contributed by atoms with van der Waals surface area (Å²) in [6.07, 6.45) is 1.96. The molecule has 0 radical (unpaired) electrons. The first-order valence-electron chi connectivity index (χ1n) is 10.4. The number of benzene rings is 1. The Morgan fingerprint density at radius 1 is 1.11 bits per heavy atom. The lowest BCUT2D eigenvalue weighted by atomic mass is 10.1. The Morgan fingerprint density at radius 2 is 1.75 bits per heavy atom. The van der Waals surface area contributed by atoms with Crippen LogP contribution in [0.5, 0.6) is 0 Å². The summed E-state index contributed by atoms with van der Waals surface area (Å²) in [4.78, 5) is 27.9. The Labute approximate surface area is 168 Å². The van der Waals surface area contributed by atoms with E-state index in [0.717, 1.165) is 31.6 Å². The number of rotatable bonds is 9. The standard InChI is InChI=1S/C21H34N4O3/c1-4-24(5-2)19-9-7-18(8-10-19)23-20(26)11-14-22-17-12-15-25(16-13-17)21(27)28-6-3/h7-10,17,22H,4-6,11-16H2,1-3H3,(H,23,26). The van der Waals surface area contributed by atoms with Crippen LogP contribution in [-0.4, -0.2) is 62.3 Å². The monoisotopic (exact) mass is 390 g/mol. The summed E-state index contributed by atoms with van der Waals surface area (Å²) in [5.74, 6) is 0.00653. The lowest BCUT2D eigenvalue weighted by Crippen LogP contribution is -2.45. The van der Waals surface area contributed by atoms with Crippen molar-refractivity contribution in [2.24, 2.45) is 0 Å². The molecule has 1 aliphatic rings. The van der Waals surface area contributed by atoms with Crippen LogP contribution in [0, 0.1) is 0 Å². The number of nitrogens with zero attached hydrogens (tertiary/aromatic N) is 2. The smallest absolute Gasteiger partial charge is 0.409 e. The van der Waals surface area contributed by atoms with Gasteiger partial charge in [-0.15, -0.1) is 0 Å².